The minimum atomic E-state index is -3.27. The Morgan fingerprint density at radius 2 is 1.66 bits per heavy atom. The van der Waals surface area contributed by atoms with Gasteiger partial charge in [-0.15, -0.1) is 0 Å². The summed E-state index contributed by atoms with van der Waals surface area (Å²) in [6.07, 6.45) is 1.53. The SMILES string of the molecule is Cc1c(OC(=O)CC(C)C)cc(-c2ccc(S(C)(=O)=O)cc2)n1-c1ccccc1. The molecule has 3 aromatic rings. The molecular formula is C23H25NO4S. The second-order valence-electron chi connectivity index (χ2n) is 7.52. The van der Waals surface area contributed by atoms with Crippen LogP contribution in [0.4, 0.5) is 0 Å². The number of nitrogens with zero attached hydrogens (tertiary/aromatic N) is 1. The van der Waals surface area contributed by atoms with Crippen molar-refractivity contribution in [3.05, 3.63) is 66.4 Å². The van der Waals surface area contributed by atoms with Crippen molar-refractivity contribution < 1.29 is 17.9 Å². The molecule has 3 rings (SSSR count). The van der Waals surface area contributed by atoms with Gasteiger partial charge in [-0.3, -0.25) is 4.79 Å². The molecule has 0 spiro atoms. The molecule has 0 bridgehead atoms. The Balaban J connectivity index is 2.10. The lowest BCUT2D eigenvalue weighted by molar-refractivity contribution is -0.135. The highest BCUT2D eigenvalue weighted by atomic mass is 32.2. The van der Waals surface area contributed by atoms with E-state index < -0.39 is 9.84 Å². The van der Waals surface area contributed by atoms with Gasteiger partial charge in [0.25, 0.3) is 0 Å². The van der Waals surface area contributed by atoms with E-state index in [1.807, 2.05) is 61.7 Å². The van der Waals surface area contributed by atoms with E-state index in [-0.39, 0.29) is 16.8 Å². The van der Waals surface area contributed by atoms with Gasteiger partial charge in [0.05, 0.1) is 16.3 Å². The number of carbonyl (C=O) groups is 1. The maximum Gasteiger partial charge on any atom is 0.311 e. The number of aromatic nitrogens is 1. The number of ether oxygens (including phenoxy) is 1. The summed E-state index contributed by atoms with van der Waals surface area (Å²) in [6.45, 7) is 5.84. The van der Waals surface area contributed by atoms with Crippen molar-refractivity contribution in [3.8, 4) is 22.7 Å². The molecular weight excluding hydrogens is 386 g/mol. The predicted octanol–water partition coefficient (Wildman–Crippen LogP) is 4.81. The number of rotatable bonds is 6. The summed E-state index contributed by atoms with van der Waals surface area (Å²) in [6, 6.07) is 18.3. The van der Waals surface area contributed by atoms with Crippen molar-refractivity contribution in [2.75, 3.05) is 6.26 Å². The molecule has 0 N–H and O–H groups in total. The smallest absolute Gasteiger partial charge is 0.311 e. The first-order valence-corrected chi connectivity index (χ1v) is 11.3. The minimum absolute atomic E-state index is 0.210. The summed E-state index contributed by atoms with van der Waals surface area (Å²) in [5.41, 5.74) is 3.38. The third kappa shape index (κ3) is 4.77. The maximum absolute atomic E-state index is 12.2. The minimum Gasteiger partial charge on any atom is -0.425 e. The first-order valence-electron chi connectivity index (χ1n) is 9.45. The molecule has 0 saturated carbocycles. The van der Waals surface area contributed by atoms with Crippen molar-refractivity contribution in [1.82, 2.24) is 4.57 Å². The molecule has 0 unspecified atom stereocenters. The Kier molecular flexibility index (Phi) is 5.94. The average molecular weight is 412 g/mol. The molecule has 2 aromatic carbocycles. The highest BCUT2D eigenvalue weighted by Gasteiger charge is 2.19. The third-order valence-corrected chi connectivity index (χ3v) is 5.72. The maximum atomic E-state index is 12.2. The first-order chi connectivity index (χ1) is 13.7. The van der Waals surface area contributed by atoms with Crippen LogP contribution >= 0.6 is 0 Å². The normalized spacial score (nSPS) is 11.6. The van der Waals surface area contributed by atoms with Crippen LogP contribution in [-0.2, 0) is 14.6 Å². The summed E-state index contributed by atoms with van der Waals surface area (Å²) in [5.74, 6) is 0.441. The largest absolute Gasteiger partial charge is 0.425 e. The summed E-state index contributed by atoms with van der Waals surface area (Å²) >= 11 is 0. The number of hydrogen-bond donors (Lipinski definition) is 0. The topological polar surface area (TPSA) is 65.4 Å². The molecule has 6 heteroatoms. The molecule has 0 atom stereocenters. The molecule has 5 nitrogen and oxygen atoms in total. The van der Waals surface area contributed by atoms with E-state index in [2.05, 4.69) is 0 Å². The Hall–Kier alpha value is -2.86. The second kappa shape index (κ2) is 8.25. The van der Waals surface area contributed by atoms with E-state index >= 15 is 0 Å². The summed E-state index contributed by atoms with van der Waals surface area (Å²) in [7, 11) is -3.27. The van der Waals surface area contributed by atoms with Gasteiger partial charge in [-0.2, -0.15) is 0 Å². The van der Waals surface area contributed by atoms with E-state index in [1.54, 1.807) is 24.3 Å². The Morgan fingerprint density at radius 1 is 1.03 bits per heavy atom. The zero-order chi connectivity index (χ0) is 21.2. The van der Waals surface area contributed by atoms with Crippen LogP contribution in [0.2, 0.25) is 0 Å². The van der Waals surface area contributed by atoms with Crippen LogP contribution in [0.25, 0.3) is 16.9 Å². The highest BCUT2D eigenvalue weighted by molar-refractivity contribution is 7.90. The van der Waals surface area contributed by atoms with Gasteiger partial charge in [0, 0.05) is 24.4 Å². The van der Waals surface area contributed by atoms with Crippen molar-refractivity contribution in [1.29, 1.82) is 0 Å². The Morgan fingerprint density at radius 3 is 2.21 bits per heavy atom. The van der Waals surface area contributed by atoms with Crippen LogP contribution in [0.5, 0.6) is 5.75 Å². The van der Waals surface area contributed by atoms with Gasteiger partial charge in [0.2, 0.25) is 0 Å². The van der Waals surface area contributed by atoms with Gasteiger partial charge in [0.1, 0.15) is 0 Å². The van der Waals surface area contributed by atoms with Crippen LogP contribution < -0.4 is 4.74 Å². The molecule has 0 amide bonds. The quantitative estimate of drug-likeness (QED) is 0.546. The van der Waals surface area contributed by atoms with Crippen molar-refractivity contribution in [3.63, 3.8) is 0 Å². The van der Waals surface area contributed by atoms with Gasteiger partial charge >= 0.3 is 5.97 Å². The standard InChI is InChI=1S/C23H25NO4S/c1-16(2)14-23(25)28-22-15-21(18-10-12-20(13-11-18)29(4,26)27)24(17(22)3)19-8-6-5-7-9-19/h5-13,15-16H,14H2,1-4H3. The van der Waals surface area contributed by atoms with E-state index in [4.69, 9.17) is 4.74 Å². The van der Waals surface area contributed by atoms with Gasteiger partial charge in [-0.25, -0.2) is 8.42 Å². The first kappa shape index (κ1) is 20.9. The Bertz CT molecular complexity index is 1110. The average Bonchev–Trinajstić information content (AvgIpc) is 2.97. The van der Waals surface area contributed by atoms with E-state index in [1.165, 1.54) is 6.26 Å². The van der Waals surface area contributed by atoms with Gasteiger partial charge in [-0.05, 0) is 42.7 Å². The summed E-state index contributed by atoms with van der Waals surface area (Å²) in [4.78, 5) is 12.5. The van der Waals surface area contributed by atoms with Crippen LogP contribution in [0.15, 0.2) is 65.6 Å². The van der Waals surface area contributed by atoms with Gasteiger partial charge < -0.3 is 9.30 Å². The van der Waals surface area contributed by atoms with Gasteiger partial charge in [0.15, 0.2) is 15.6 Å². The molecule has 0 fully saturated rings. The molecule has 1 heterocycles. The van der Waals surface area contributed by atoms with Crippen LogP contribution in [0.3, 0.4) is 0 Å². The number of benzene rings is 2. The molecule has 0 aliphatic carbocycles. The van der Waals surface area contributed by atoms with Crippen LogP contribution in [0, 0.1) is 12.8 Å². The fourth-order valence-electron chi connectivity index (χ4n) is 3.18. The molecule has 1 aromatic heterocycles. The lowest BCUT2D eigenvalue weighted by Crippen LogP contribution is -2.11. The van der Waals surface area contributed by atoms with E-state index in [0.717, 1.165) is 22.6 Å². The molecule has 0 aliphatic rings. The highest BCUT2D eigenvalue weighted by Crippen LogP contribution is 2.34. The second-order valence-corrected chi connectivity index (χ2v) is 9.53. The lowest BCUT2D eigenvalue weighted by atomic mass is 10.1. The molecule has 0 aliphatic heterocycles. The van der Waals surface area contributed by atoms with E-state index in [9.17, 15) is 13.2 Å². The van der Waals surface area contributed by atoms with Crippen molar-refractivity contribution in [2.45, 2.75) is 32.1 Å². The van der Waals surface area contributed by atoms with E-state index in [0.29, 0.717) is 12.2 Å². The number of carbonyl (C=O) groups excluding carboxylic acids is 1. The van der Waals surface area contributed by atoms with Crippen LogP contribution in [0.1, 0.15) is 26.0 Å². The summed E-state index contributed by atoms with van der Waals surface area (Å²) in [5, 5.41) is 0. The zero-order valence-corrected chi connectivity index (χ0v) is 17.9. The number of esters is 1. The number of sulfone groups is 1. The molecule has 0 radical (unpaired) electrons. The zero-order valence-electron chi connectivity index (χ0n) is 17.0. The third-order valence-electron chi connectivity index (χ3n) is 4.59. The van der Waals surface area contributed by atoms with Crippen molar-refractivity contribution in [2.24, 2.45) is 5.92 Å². The van der Waals surface area contributed by atoms with Crippen molar-refractivity contribution >= 4 is 15.8 Å². The monoisotopic (exact) mass is 411 g/mol. The number of hydrogen-bond acceptors (Lipinski definition) is 4. The molecule has 0 saturated heterocycles. The lowest BCUT2D eigenvalue weighted by Gasteiger charge is -2.12. The van der Waals surface area contributed by atoms with Crippen LogP contribution in [-0.4, -0.2) is 25.2 Å². The molecule has 29 heavy (non-hydrogen) atoms. The number of para-hydroxylation sites is 1. The summed E-state index contributed by atoms with van der Waals surface area (Å²) < 4.78 is 31.2. The predicted molar refractivity (Wildman–Crippen MR) is 114 cm³/mol. The fraction of sp³-hybridized carbons (Fsp3) is 0.261. The fourth-order valence-corrected chi connectivity index (χ4v) is 3.81. The Labute approximate surface area is 171 Å². The van der Waals surface area contributed by atoms with Gasteiger partial charge in [-0.1, -0.05) is 44.2 Å². The molecule has 152 valence electrons.